The Morgan fingerprint density at radius 2 is 1.00 bits per heavy atom. The predicted octanol–water partition coefficient (Wildman–Crippen LogP) is 4.82. The molecule has 0 heterocycles. The summed E-state index contributed by atoms with van der Waals surface area (Å²) in [6.45, 7) is 0. The van der Waals surface area contributed by atoms with Gasteiger partial charge in [-0.3, -0.25) is 0 Å². The molecule has 0 bridgehead atoms. The van der Waals surface area contributed by atoms with Gasteiger partial charge in [0.1, 0.15) is 0 Å². The molecule has 80 valence electrons. The normalized spacial score (nSPS) is 10.6. The van der Waals surface area contributed by atoms with Gasteiger partial charge in [0.05, 0.1) is 0 Å². The van der Waals surface area contributed by atoms with Gasteiger partial charge in [0.2, 0.25) is 0 Å². The van der Waals surface area contributed by atoms with Crippen LogP contribution in [0.4, 0.5) is 0 Å². The van der Waals surface area contributed by atoms with Crippen LogP contribution in [0.2, 0.25) is 0 Å². The van der Waals surface area contributed by atoms with Crippen LogP contribution in [0.3, 0.4) is 0 Å². The Morgan fingerprint density at radius 1 is 0.615 bits per heavy atom. The Hall–Kier alpha value is 0.830. The standard InChI is InChI=1S/C11H23BrS/c12-10-8-6-4-2-1-3-5-7-9-11-13/h13H,1-11H2. The van der Waals surface area contributed by atoms with E-state index in [1.807, 2.05) is 0 Å². The highest BCUT2D eigenvalue weighted by atomic mass is 79.9. The fourth-order valence-corrected chi connectivity index (χ4v) is 2.06. The SMILES string of the molecule is SCCCCCCCCCCCBr. The van der Waals surface area contributed by atoms with Crippen molar-refractivity contribution in [2.75, 3.05) is 11.1 Å². The number of unbranched alkanes of at least 4 members (excludes halogenated alkanes) is 8. The Kier molecular flexibility index (Phi) is 13.6. The van der Waals surface area contributed by atoms with Crippen LogP contribution < -0.4 is 0 Å². The third-order valence-corrected chi connectivity index (χ3v) is 3.17. The summed E-state index contributed by atoms with van der Waals surface area (Å²) >= 11 is 7.65. The summed E-state index contributed by atoms with van der Waals surface area (Å²) in [4.78, 5) is 0. The molecule has 0 atom stereocenters. The largest absolute Gasteiger partial charge is 0.179 e. The Morgan fingerprint density at radius 3 is 1.38 bits per heavy atom. The third-order valence-electron chi connectivity index (χ3n) is 2.29. The van der Waals surface area contributed by atoms with Crippen molar-refractivity contribution in [3.05, 3.63) is 0 Å². The molecule has 13 heavy (non-hydrogen) atoms. The van der Waals surface area contributed by atoms with Gasteiger partial charge < -0.3 is 0 Å². The van der Waals surface area contributed by atoms with Crippen molar-refractivity contribution < 1.29 is 0 Å². The fraction of sp³-hybridized carbons (Fsp3) is 1.00. The number of rotatable bonds is 10. The number of thiol groups is 1. The zero-order chi connectivity index (χ0) is 9.78. The van der Waals surface area contributed by atoms with E-state index in [1.165, 1.54) is 63.1 Å². The fourth-order valence-electron chi connectivity index (χ4n) is 1.44. The average molecular weight is 267 g/mol. The van der Waals surface area contributed by atoms with Crippen LogP contribution >= 0.6 is 28.6 Å². The second-order valence-corrected chi connectivity index (χ2v) is 4.83. The van der Waals surface area contributed by atoms with E-state index in [1.54, 1.807) is 0 Å². The van der Waals surface area contributed by atoms with Crippen molar-refractivity contribution >= 4 is 28.6 Å². The molecule has 0 rings (SSSR count). The van der Waals surface area contributed by atoms with Crippen molar-refractivity contribution in [1.82, 2.24) is 0 Å². The average Bonchev–Trinajstić information content (AvgIpc) is 2.16. The topological polar surface area (TPSA) is 0 Å². The summed E-state index contributed by atoms with van der Waals surface area (Å²) < 4.78 is 0. The van der Waals surface area contributed by atoms with Crippen molar-refractivity contribution in [1.29, 1.82) is 0 Å². The van der Waals surface area contributed by atoms with E-state index in [2.05, 4.69) is 28.6 Å². The molecule has 0 saturated heterocycles. The van der Waals surface area contributed by atoms with Gasteiger partial charge in [0.25, 0.3) is 0 Å². The molecule has 0 N–H and O–H groups in total. The number of hydrogen-bond acceptors (Lipinski definition) is 1. The van der Waals surface area contributed by atoms with Crippen LogP contribution in [-0.2, 0) is 0 Å². The summed E-state index contributed by atoms with van der Waals surface area (Å²) in [5.41, 5.74) is 0. The molecule has 0 aromatic rings. The highest BCUT2D eigenvalue weighted by Crippen LogP contribution is 2.10. The summed E-state index contributed by atoms with van der Waals surface area (Å²) in [7, 11) is 0. The lowest BCUT2D eigenvalue weighted by molar-refractivity contribution is 0.575. The van der Waals surface area contributed by atoms with Gasteiger partial charge >= 0.3 is 0 Å². The van der Waals surface area contributed by atoms with Gasteiger partial charge in [-0.25, -0.2) is 0 Å². The van der Waals surface area contributed by atoms with Crippen LogP contribution in [0, 0.1) is 0 Å². The van der Waals surface area contributed by atoms with Gasteiger partial charge in [-0.2, -0.15) is 12.6 Å². The lowest BCUT2D eigenvalue weighted by Gasteiger charge is -2.00. The molecule has 0 saturated carbocycles. The van der Waals surface area contributed by atoms with Gasteiger partial charge in [0.15, 0.2) is 0 Å². The summed E-state index contributed by atoms with van der Waals surface area (Å²) in [5.74, 6) is 1.06. The van der Waals surface area contributed by atoms with Crippen LogP contribution in [0.25, 0.3) is 0 Å². The van der Waals surface area contributed by atoms with Crippen molar-refractivity contribution in [3.8, 4) is 0 Å². The minimum absolute atomic E-state index is 1.06. The van der Waals surface area contributed by atoms with E-state index in [0.29, 0.717) is 0 Å². The van der Waals surface area contributed by atoms with E-state index < -0.39 is 0 Å². The lowest BCUT2D eigenvalue weighted by atomic mass is 10.1. The molecule has 0 amide bonds. The molecule has 0 fully saturated rings. The van der Waals surface area contributed by atoms with Crippen LogP contribution in [0.1, 0.15) is 57.8 Å². The molecule has 0 aliphatic rings. The Labute approximate surface area is 97.4 Å². The summed E-state index contributed by atoms with van der Waals surface area (Å²) in [5, 5.41) is 1.18. The van der Waals surface area contributed by atoms with Crippen LogP contribution in [-0.4, -0.2) is 11.1 Å². The van der Waals surface area contributed by atoms with E-state index in [-0.39, 0.29) is 0 Å². The molecule has 0 radical (unpaired) electrons. The number of halogens is 1. The first-order valence-electron chi connectivity index (χ1n) is 5.58. The lowest BCUT2D eigenvalue weighted by Crippen LogP contribution is -1.82. The molecule has 0 aromatic heterocycles. The van der Waals surface area contributed by atoms with E-state index in [4.69, 9.17) is 0 Å². The molecule has 0 aliphatic carbocycles. The second-order valence-electron chi connectivity index (χ2n) is 3.59. The molecule has 0 nitrogen and oxygen atoms in total. The molecule has 0 spiro atoms. The number of alkyl halides is 1. The van der Waals surface area contributed by atoms with Gasteiger partial charge in [-0.05, 0) is 18.6 Å². The molecule has 0 aromatic carbocycles. The predicted molar refractivity (Wildman–Crippen MR) is 69.2 cm³/mol. The highest BCUT2D eigenvalue weighted by molar-refractivity contribution is 9.09. The second kappa shape index (κ2) is 12.8. The molecule has 0 unspecified atom stereocenters. The highest BCUT2D eigenvalue weighted by Gasteiger charge is 1.91. The van der Waals surface area contributed by atoms with E-state index >= 15 is 0 Å². The smallest absolute Gasteiger partial charge is 0.00313 e. The Balaban J connectivity index is 2.76. The molecular weight excluding hydrogens is 244 g/mol. The zero-order valence-electron chi connectivity index (χ0n) is 8.60. The third kappa shape index (κ3) is 12.8. The quantitative estimate of drug-likeness (QED) is 0.327. The van der Waals surface area contributed by atoms with Crippen molar-refractivity contribution in [2.24, 2.45) is 0 Å². The molecule has 0 aliphatic heterocycles. The van der Waals surface area contributed by atoms with Gasteiger partial charge in [-0.15, -0.1) is 0 Å². The van der Waals surface area contributed by atoms with Gasteiger partial charge in [-0.1, -0.05) is 60.9 Å². The maximum atomic E-state index is 4.20. The molecule has 2 heteroatoms. The maximum Gasteiger partial charge on any atom is 0.00313 e. The van der Waals surface area contributed by atoms with Gasteiger partial charge in [0, 0.05) is 5.33 Å². The summed E-state index contributed by atoms with van der Waals surface area (Å²) in [6, 6.07) is 0. The maximum absolute atomic E-state index is 4.20. The summed E-state index contributed by atoms with van der Waals surface area (Å²) in [6.07, 6.45) is 12.6. The first-order chi connectivity index (χ1) is 6.41. The van der Waals surface area contributed by atoms with E-state index in [0.717, 1.165) is 5.75 Å². The van der Waals surface area contributed by atoms with Crippen molar-refractivity contribution in [3.63, 3.8) is 0 Å². The number of hydrogen-bond donors (Lipinski definition) is 1. The molecular formula is C11H23BrS. The first-order valence-corrected chi connectivity index (χ1v) is 7.34. The zero-order valence-corrected chi connectivity index (χ0v) is 11.1. The minimum Gasteiger partial charge on any atom is -0.179 e. The van der Waals surface area contributed by atoms with E-state index in [9.17, 15) is 0 Å². The van der Waals surface area contributed by atoms with Crippen molar-refractivity contribution in [2.45, 2.75) is 57.8 Å². The Bertz CT molecular complexity index is 76.2. The minimum atomic E-state index is 1.06. The van der Waals surface area contributed by atoms with Crippen LogP contribution in [0.15, 0.2) is 0 Å². The first kappa shape index (κ1) is 13.8. The monoisotopic (exact) mass is 266 g/mol. The van der Waals surface area contributed by atoms with Crippen LogP contribution in [0.5, 0.6) is 0 Å².